The Morgan fingerprint density at radius 1 is 1.33 bits per heavy atom. The number of rotatable bonds is 6. The van der Waals surface area contributed by atoms with Crippen LogP contribution in [0.25, 0.3) is 11.0 Å². The number of fused-ring (bicyclic) bond motifs is 1. The summed E-state index contributed by atoms with van der Waals surface area (Å²) in [5.41, 5.74) is 1.39. The maximum absolute atomic E-state index is 12.4. The van der Waals surface area contributed by atoms with Gasteiger partial charge in [0.1, 0.15) is 5.39 Å². The minimum absolute atomic E-state index is 0.0545. The van der Waals surface area contributed by atoms with Crippen LogP contribution in [0.5, 0.6) is 0 Å². The van der Waals surface area contributed by atoms with E-state index in [2.05, 4.69) is 15.4 Å². The number of carbonyl (C=O) groups is 1. The second-order valence-electron chi connectivity index (χ2n) is 7.04. The number of amides is 1. The Hall–Kier alpha value is -2.67. The zero-order valence-corrected chi connectivity index (χ0v) is 15.7. The fraction of sp³-hybridized carbons (Fsp3) is 0.368. The molecule has 1 fully saturated rings. The van der Waals surface area contributed by atoms with E-state index in [1.54, 1.807) is 11.7 Å². The maximum atomic E-state index is 12.4. The summed E-state index contributed by atoms with van der Waals surface area (Å²) in [6.45, 7) is 0.839. The number of benzene rings is 1. The van der Waals surface area contributed by atoms with Crippen molar-refractivity contribution in [2.75, 3.05) is 6.54 Å². The van der Waals surface area contributed by atoms with Gasteiger partial charge in [-0.3, -0.25) is 18.8 Å². The van der Waals surface area contributed by atoms with E-state index < -0.39 is 0 Å². The van der Waals surface area contributed by atoms with Gasteiger partial charge in [0.25, 0.3) is 5.56 Å². The quantitative estimate of drug-likeness (QED) is 0.703. The number of nitrogens with one attached hydrogen (secondary N) is 1. The predicted octanol–water partition coefficient (Wildman–Crippen LogP) is 2.02. The first-order valence-corrected chi connectivity index (χ1v) is 9.27. The van der Waals surface area contributed by atoms with Gasteiger partial charge in [-0.15, -0.1) is 0 Å². The second-order valence-corrected chi connectivity index (χ2v) is 7.44. The van der Waals surface area contributed by atoms with E-state index in [1.807, 2.05) is 24.3 Å². The number of halogens is 1. The monoisotopic (exact) mass is 385 g/mol. The Morgan fingerprint density at radius 3 is 2.85 bits per heavy atom. The molecule has 0 aliphatic heterocycles. The summed E-state index contributed by atoms with van der Waals surface area (Å²) in [5, 5.41) is 8.23. The molecule has 0 saturated heterocycles. The third kappa shape index (κ3) is 3.35. The van der Waals surface area contributed by atoms with E-state index in [0.717, 1.165) is 23.4 Å². The van der Waals surface area contributed by atoms with E-state index in [0.29, 0.717) is 17.6 Å². The van der Waals surface area contributed by atoms with Gasteiger partial charge in [-0.2, -0.15) is 5.10 Å². The molecule has 27 heavy (non-hydrogen) atoms. The zero-order valence-electron chi connectivity index (χ0n) is 15.0. The summed E-state index contributed by atoms with van der Waals surface area (Å²) < 4.78 is 3.00. The van der Waals surface area contributed by atoms with Gasteiger partial charge in [0.05, 0.1) is 12.5 Å². The summed E-state index contributed by atoms with van der Waals surface area (Å²) in [6.07, 6.45) is 5.20. The average Bonchev–Trinajstić information content (AvgIpc) is 3.36. The molecule has 4 rings (SSSR count). The molecule has 3 aromatic rings. The summed E-state index contributed by atoms with van der Waals surface area (Å²) in [7, 11) is 1.74. The number of aromatic nitrogens is 4. The molecule has 0 bridgehead atoms. The van der Waals surface area contributed by atoms with E-state index in [1.165, 1.54) is 17.1 Å². The van der Waals surface area contributed by atoms with Crippen molar-refractivity contribution in [1.82, 2.24) is 24.6 Å². The van der Waals surface area contributed by atoms with Crippen LogP contribution < -0.4 is 10.9 Å². The molecule has 1 saturated carbocycles. The molecule has 1 aliphatic rings. The molecule has 1 aromatic carbocycles. The van der Waals surface area contributed by atoms with E-state index in [-0.39, 0.29) is 29.8 Å². The lowest BCUT2D eigenvalue weighted by Gasteiger charge is -2.18. The Morgan fingerprint density at radius 2 is 2.11 bits per heavy atom. The number of hydrogen-bond acceptors (Lipinski definition) is 4. The maximum Gasteiger partial charge on any atom is 0.264 e. The lowest BCUT2D eigenvalue weighted by Crippen LogP contribution is -2.33. The third-order valence-electron chi connectivity index (χ3n) is 5.22. The summed E-state index contributed by atoms with van der Waals surface area (Å²) >= 11 is 6.31. The molecule has 1 aliphatic carbocycles. The van der Waals surface area contributed by atoms with Crippen LogP contribution in [0.4, 0.5) is 0 Å². The average molecular weight is 386 g/mol. The van der Waals surface area contributed by atoms with E-state index >= 15 is 0 Å². The zero-order chi connectivity index (χ0) is 19.0. The van der Waals surface area contributed by atoms with Crippen molar-refractivity contribution in [1.29, 1.82) is 0 Å². The van der Waals surface area contributed by atoms with E-state index in [9.17, 15) is 9.59 Å². The standard InChI is InChI=1S/C19H20ClN5O2/c1-24-17-13(10-23-24)18(27)25(12-22-17)9-6-16(26)21-11-19(7-8-19)14-4-2-3-5-15(14)20/h2-5,10,12H,6-9,11H2,1H3,(H,21,26). The van der Waals surface area contributed by atoms with Gasteiger partial charge in [-0.25, -0.2) is 4.98 Å². The molecular formula is C19H20ClN5O2. The lowest BCUT2D eigenvalue weighted by molar-refractivity contribution is -0.121. The van der Waals surface area contributed by atoms with Crippen molar-refractivity contribution in [2.24, 2.45) is 7.05 Å². The molecule has 2 aromatic heterocycles. The van der Waals surface area contributed by atoms with Crippen molar-refractivity contribution in [2.45, 2.75) is 31.2 Å². The van der Waals surface area contributed by atoms with Crippen LogP contribution in [0, 0.1) is 0 Å². The summed E-state index contributed by atoms with van der Waals surface area (Å²) in [4.78, 5) is 29.0. The lowest BCUT2D eigenvalue weighted by atomic mass is 9.96. The van der Waals surface area contributed by atoms with Crippen molar-refractivity contribution < 1.29 is 4.79 Å². The smallest absolute Gasteiger partial charge is 0.264 e. The van der Waals surface area contributed by atoms with Crippen LogP contribution >= 0.6 is 11.6 Å². The normalized spacial score (nSPS) is 15.0. The highest BCUT2D eigenvalue weighted by Crippen LogP contribution is 2.49. The van der Waals surface area contributed by atoms with Gasteiger partial charge in [-0.1, -0.05) is 29.8 Å². The number of nitrogens with zero attached hydrogens (tertiary/aromatic N) is 4. The molecule has 1 N–H and O–H groups in total. The number of aryl methyl sites for hydroxylation is 2. The van der Waals surface area contributed by atoms with Crippen LogP contribution in [-0.2, 0) is 23.8 Å². The molecule has 1 amide bonds. The van der Waals surface area contributed by atoms with Crippen LogP contribution in [-0.4, -0.2) is 31.8 Å². The molecule has 2 heterocycles. The molecule has 7 nitrogen and oxygen atoms in total. The van der Waals surface area contributed by atoms with Crippen molar-refractivity contribution >= 4 is 28.5 Å². The van der Waals surface area contributed by atoms with E-state index in [4.69, 9.17) is 11.6 Å². The predicted molar refractivity (Wildman–Crippen MR) is 103 cm³/mol. The van der Waals surface area contributed by atoms with Crippen molar-refractivity contribution in [3.05, 3.63) is 57.7 Å². The Kier molecular flexibility index (Phi) is 4.47. The van der Waals surface area contributed by atoms with Crippen LogP contribution in [0.3, 0.4) is 0 Å². The van der Waals surface area contributed by atoms with Gasteiger partial charge < -0.3 is 5.32 Å². The van der Waals surface area contributed by atoms with Gasteiger partial charge in [0.15, 0.2) is 5.65 Å². The fourth-order valence-corrected chi connectivity index (χ4v) is 3.72. The highest BCUT2D eigenvalue weighted by Gasteiger charge is 2.45. The van der Waals surface area contributed by atoms with Crippen LogP contribution in [0.15, 0.2) is 41.6 Å². The number of hydrogen-bond donors (Lipinski definition) is 1. The molecule has 0 unspecified atom stereocenters. The molecule has 8 heteroatoms. The highest BCUT2D eigenvalue weighted by molar-refractivity contribution is 6.31. The van der Waals surface area contributed by atoms with Gasteiger partial charge in [-0.05, 0) is 24.5 Å². The summed E-state index contributed by atoms with van der Waals surface area (Å²) in [6, 6.07) is 7.78. The highest BCUT2D eigenvalue weighted by atomic mass is 35.5. The Bertz CT molecular complexity index is 1070. The van der Waals surface area contributed by atoms with Crippen LogP contribution in [0.1, 0.15) is 24.8 Å². The minimum Gasteiger partial charge on any atom is -0.355 e. The molecule has 0 spiro atoms. The molecule has 0 radical (unpaired) electrons. The van der Waals surface area contributed by atoms with Crippen LogP contribution in [0.2, 0.25) is 5.02 Å². The van der Waals surface area contributed by atoms with Gasteiger partial charge in [0.2, 0.25) is 5.91 Å². The van der Waals surface area contributed by atoms with Gasteiger partial charge in [0, 0.05) is 37.0 Å². The fourth-order valence-electron chi connectivity index (χ4n) is 3.39. The SMILES string of the molecule is Cn1ncc2c(=O)n(CCC(=O)NCC3(c4ccccc4Cl)CC3)cnc21. The first-order chi connectivity index (χ1) is 13.0. The van der Waals surface area contributed by atoms with Gasteiger partial charge >= 0.3 is 0 Å². The molecule has 140 valence electrons. The topological polar surface area (TPSA) is 81.8 Å². The Balaban J connectivity index is 1.38. The van der Waals surface area contributed by atoms with Crippen molar-refractivity contribution in [3.8, 4) is 0 Å². The Labute approximate surface area is 161 Å². The largest absolute Gasteiger partial charge is 0.355 e. The third-order valence-corrected chi connectivity index (χ3v) is 5.55. The summed E-state index contributed by atoms with van der Waals surface area (Å²) in [5.74, 6) is -0.0912. The first-order valence-electron chi connectivity index (χ1n) is 8.89. The van der Waals surface area contributed by atoms with Crippen molar-refractivity contribution in [3.63, 3.8) is 0 Å². The second kappa shape index (κ2) is 6.81. The molecular weight excluding hydrogens is 366 g/mol. The number of carbonyl (C=O) groups excluding carboxylic acids is 1. The molecule has 0 atom stereocenters. The first kappa shape index (κ1) is 17.7. The minimum atomic E-state index is -0.185.